The highest BCUT2D eigenvalue weighted by Crippen LogP contribution is 2.26. The zero-order valence-electron chi connectivity index (χ0n) is 21.5. The molecule has 0 aromatic carbocycles. The normalized spacial score (nSPS) is 14.3. The van der Waals surface area contributed by atoms with E-state index in [0.29, 0.717) is 18.1 Å². The van der Waals surface area contributed by atoms with Gasteiger partial charge in [-0.05, 0) is 44.5 Å². The summed E-state index contributed by atoms with van der Waals surface area (Å²) in [6.45, 7) is 6.23. The van der Waals surface area contributed by atoms with Gasteiger partial charge in [0.15, 0.2) is 10.8 Å². The molecule has 2 heterocycles. The number of likely N-dealkylation sites (tertiary alicyclic amines) is 1. The molecule has 0 N–H and O–H groups in total. The summed E-state index contributed by atoms with van der Waals surface area (Å²) in [6, 6.07) is 3.59. The molecule has 1 fully saturated rings. The lowest BCUT2D eigenvalue weighted by molar-refractivity contribution is -0.143. The molecule has 1 aliphatic heterocycles. The highest BCUT2D eigenvalue weighted by Gasteiger charge is 2.16. The molecule has 1 saturated heterocycles. The zero-order chi connectivity index (χ0) is 24.3. The average Bonchev–Trinajstić information content (AvgIpc) is 3.32. The van der Waals surface area contributed by atoms with Crippen molar-refractivity contribution < 1.29 is 19.1 Å². The van der Waals surface area contributed by atoms with Gasteiger partial charge in [0.05, 0.1) is 11.5 Å². The molecule has 34 heavy (non-hydrogen) atoms. The molecule has 194 valence electrons. The van der Waals surface area contributed by atoms with Crippen LogP contribution in [0.4, 0.5) is 0 Å². The summed E-state index contributed by atoms with van der Waals surface area (Å²) in [5, 5.41) is 0.755. The Balaban J connectivity index is 1.45. The number of ether oxygens (including phenoxy) is 2. The van der Waals surface area contributed by atoms with Crippen LogP contribution in [0.2, 0.25) is 0 Å². The first-order chi connectivity index (χ1) is 16.7. The van der Waals surface area contributed by atoms with Gasteiger partial charge in [-0.1, -0.05) is 95.3 Å². The maximum Gasteiger partial charge on any atom is 0.313 e. The fourth-order valence-corrected chi connectivity index (χ4v) is 5.22. The Morgan fingerprint density at radius 3 is 2.09 bits per heavy atom. The zero-order valence-corrected chi connectivity index (χ0v) is 22.3. The van der Waals surface area contributed by atoms with E-state index in [1.165, 1.54) is 101 Å². The smallest absolute Gasteiger partial charge is 0.313 e. The Labute approximate surface area is 211 Å². The van der Waals surface area contributed by atoms with Crippen molar-refractivity contribution in [2.75, 3.05) is 32.8 Å². The molecule has 0 aliphatic carbocycles. The van der Waals surface area contributed by atoms with Crippen LogP contribution in [-0.2, 0) is 9.53 Å². The molecule has 0 radical (unpaired) electrons. The van der Waals surface area contributed by atoms with Crippen molar-refractivity contribution in [1.29, 1.82) is 0 Å². The van der Waals surface area contributed by atoms with E-state index in [1.54, 1.807) is 6.07 Å². The van der Waals surface area contributed by atoms with Crippen molar-refractivity contribution in [2.24, 2.45) is 0 Å². The minimum atomic E-state index is -0.436. The SMILES string of the molecule is CCCCCCCCCCCCCCOc1ccc(C(=O)CC(=O)OCCN2CCCCC2)s1. The number of rotatable bonds is 20. The van der Waals surface area contributed by atoms with Crippen LogP contribution in [0.3, 0.4) is 0 Å². The minimum absolute atomic E-state index is 0.187. The van der Waals surface area contributed by atoms with E-state index in [9.17, 15) is 9.59 Å². The van der Waals surface area contributed by atoms with Crippen molar-refractivity contribution in [3.8, 4) is 5.06 Å². The Bertz CT molecular complexity index is 669. The highest BCUT2D eigenvalue weighted by atomic mass is 32.1. The molecular formula is C28H47NO4S. The third-order valence-corrected chi connectivity index (χ3v) is 7.56. The number of carbonyl (C=O) groups is 2. The summed E-state index contributed by atoms with van der Waals surface area (Å²) in [5.74, 6) is -0.623. The first kappa shape index (κ1) is 28.8. The maximum atomic E-state index is 12.4. The van der Waals surface area contributed by atoms with Gasteiger partial charge < -0.3 is 9.47 Å². The number of ketones is 1. The molecule has 5 nitrogen and oxygen atoms in total. The van der Waals surface area contributed by atoms with Crippen LogP contribution in [0, 0.1) is 0 Å². The lowest BCUT2D eigenvalue weighted by atomic mass is 10.1. The number of piperidine rings is 1. The summed E-state index contributed by atoms with van der Waals surface area (Å²) in [6.07, 6.45) is 19.4. The van der Waals surface area contributed by atoms with Crippen LogP contribution >= 0.6 is 11.3 Å². The van der Waals surface area contributed by atoms with Gasteiger partial charge in [0.2, 0.25) is 0 Å². The third kappa shape index (κ3) is 13.5. The van der Waals surface area contributed by atoms with Crippen LogP contribution in [0.5, 0.6) is 5.06 Å². The summed E-state index contributed by atoms with van der Waals surface area (Å²) in [5.41, 5.74) is 0. The molecule has 0 saturated carbocycles. The lowest BCUT2D eigenvalue weighted by Crippen LogP contribution is -2.33. The summed E-state index contributed by atoms with van der Waals surface area (Å²) >= 11 is 1.33. The third-order valence-electron chi connectivity index (χ3n) is 6.52. The largest absolute Gasteiger partial charge is 0.484 e. The first-order valence-corrected chi connectivity index (χ1v) is 14.6. The van der Waals surface area contributed by atoms with Gasteiger partial charge in [-0.15, -0.1) is 0 Å². The fourth-order valence-electron chi connectivity index (χ4n) is 4.40. The fraction of sp³-hybridized carbons (Fsp3) is 0.786. The summed E-state index contributed by atoms with van der Waals surface area (Å²) < 4.78 is 11.1. The monoisotopic (exact) mass is 493 g/mol. The van der Waals surface area contributed by atoms with Crippen LogP contribution in [-0.4, -0.2) is 49.5 Å². The standard InChI is InChI=1S/C28H47NO4S/c1-2-3-4-5-6-7-8-9-10-11-12-16-22-33-28-18-17-26(34-28)25(30)24-27(31)32-23-21-29-19-14-13-15-20-29/h17-18H,2-16,19-24H2,1H3. The van der Waals surface area contributed by atoms with Gasteiger partial charge in [0, 0.05) is 6.54 Å². The summed E-state index contributed by atoms with van der Waals surface area (Å²) in [7, 11) is 0. The quantitative estimate of drug-likeness (QED) is 0.0818. The lowest BCUT2D eigenvalue weighted by Gasteiger charge is -2.25. The van der Waals surface area contributed by atoms with Crippen molar-refractivity contribution in [3.05, 3.63) is 17.0 Å². The van der Waals surface area contributed by atoms with Gasteiger partial charge in [-0.25, -0.2) is 0 Å². The molecule has 0 spiro atoms. The van der Waals surface area contributed by atoms with Crippen molar-refractivity contribution in [3.63, 3.8) is 0 Å². The van der Waals surface area contributed by atoms with Gasteiger partial charge in [0.1, 0.15) is 13.0 Å². The molecule has 0 unspecified atom stereocenters. The second kappa shape index (κ2) is 18.9. The van der Waals surface area contributed by atoms with E-state index in [1.807, 2.05) is 6.07 Å². The van der Waals surface area contributed by atoms with Crippen molar-refractivity contribution in [2.45, 2.75) is 110 Å². The van der Waals surface area contributed by atoms with Crippen molar-refractivity contribution >= 4 is 23.1 Å². The average molecular weight is 494 g/mol. The number of thiophene rings is 1. The first-order valence-electron chi connectivity index (χ1n) is 13.8. The number of esters is 1. The van der Waals surface area contributed by atoms with Crippen molar-refractivity contribution in [1.82, 2.24) is 4.90 Å². The number of hydrogen-bond acceptors (Lipinski definition) is 6. The van der Waals surface area contributed by atoms with Crippen LogP contribution in [0.25, 0.3) is 0 Å². The van der Waals surface area contributed by atoms with Gasteiger partial charge in [-0.2, -0.15) is 0 Å². The number of nitrogens with zero attached hydrogens (tertiary/aromatic N) is 1. The number of unbranched alkanes of at least 4 members (excludes halogenated alkanes) is 11. The predicted octanol–water partition coefficient (Wildman–Crippen LogP) is 7.43. The Morgan fingerprint density at radius 1 is 0.824 bits per heavy atom. The minimum Gasteiger partial charge on any atom is -0.484 e. The summed E-state index contributed by atoms with van der Waals surface area (Å²) in [4.78, 5) is 27.2. The second-order valence-corrected chi connectivity index (χ2v) is 10.6. The van der Waals surface area contributed by atoms with Crippen LogP contribution < -0.4 is 4.74 Å². The molecule has 0 amide bonds. The maximum absolute atomic E-state index is 12.4. The number of Topliss-reactive ketones (excluding diaryl/α,β-unsaturated/α-hetero) is 1. The molecule has 1 aromatic heterocycles. The molecule has 0 bridgehead atoms. The van der Waals surface area contributed by atoms with E-state index in [0.717, 1.165) is 31.1 Å². The molecule has 1 aliphatic rings. The number of carbonyl (C=O) groups excluding carboxylic acids is 2. The van der Waals surface area contributed by atoms with Gasteiger partial charge in [-0.3, -0.25) is 14.5 Å². The molecular weight excluding hydrogens is 446 g/mol. The van der Waals surface area contributed by atoms with E-state index in [2.05, 4.69) is 11.8 Å². The molecule has 2 rings (SSSR count). The van der Waals surface area contributed by atoms with Gasteiger partial charge in [0.25, 0.3) is 0 Å². The van der Waals surface area contributed by atoms with Crippen LogP contribution in [0.15, 0.2) is 12.1 Å². The highest BCUT2D eigenvalue weighted by molar-refractivity contribution is 7.15. The Morgan fingerprint density at radius 2 is 1.44 bits per heavy atom. The predicted molar refractivity (Wildman–Crippen MR) is 141 cm³/mol. The Hall–Kier alpha value is -1.40. The van der Waals surface area contributed by atoms with Gasteiger partial charge >= 0.3 is 5.97 Å². The number of hydrogen-bond donors (Lipinski definition) is 0. The van der Waals surface area contributed by atoms with Crippen LogP contribution in [0.1, 0.15) is 119 Å². The van der Waals surface area contributed by atoms with E-state index >= 15 is 0 Å². The van der Waals surface area contributed by atoms with E-state index in [4.69, 9.17) is 9.47 Å². The second-order valence-electron chi connectivity index (χ2n) is 9.58. The molecule has 0 atom stereocenters. The molecule has 1 aromatic rings. The molecule has 6 heteroatoms. The Kier molecular flexibility index (Phi) is 16.0. The van der Waals surface area contributed by atoms with E-state index < -0.39 is 5.97 Å². The topological polar surface area (TPSA) is 55.8 Å². The van der Waals surface area contributed by atoms with E-state index in [-0.39, 0.29) is 12.2 Å².